The Morgan fingerprint density at radius 2 is 1.96 bits per heavy atom. The Labute approximate surface area is 172 Å². The minimum Gasteiger partial charge on any atom is -0.484 e. The highest BCUT2D eigenvalue weighted by Gasteiger charge is 2.23. The molecule has 1 aromatic heterocycles. The van der Waals surface area contributed by atoms with E-state index in [4.69, 9.17) is 4.74 Å². The van der Waals surface area contributed by atoms with Crippen LogP contribution in [0.3, 0.4) is 0 Å². The molecule has 4 nitrogen and oxygen atoms in total. The third-order valence-electron chi connectivity index (χ3n) is 5.04. The number of nitrogens with one attached hydrogen (secondary N) is 1. The zero-order chi connectivity index (χ0) is 18.4. The van der Waals surface area contributed by atoms with Crippen molar-refractivity contribution < 1.29 is 9.53 Å². The summed E-state index contributed by atoms with van der Waals surface area (Å²) in [6.07, 6.45) is 3.79. The lowest BCUT2D eigenvalue weighted by atomic mass is 10.1. The van der Waals surface area contributed by atoms with E-state index >= 15 is 0 Å². The standard InChI is InChI=1S/C21H28N2O2S.ClH/c1-16-8-9-18(13-17(16)2)25-15-21(24)22-14-19(20-7-6-12-26-20)23-10-4-3-5-11-23;/h6-9,12-13,19H,3-5,10-11,14-15H2,1-2H3,(H,22,24);1H. The third kappa shape index (κ3) is 6.23. The number of aryl methyl sites for hydroxylation is 2. The van der Waals surface area contributed by atoms with E-state index in [0.717, 1.165) is 18.8 Å². The Bertz CT molecular complexity index is 715. The summed E-state index contributed by atoms with van der Waals surface area (Å²) < 4.78 is 5.65. The van der Waals surface area contributed by atoms with Crippen molar-refractivity contribution in [3.05, 3.63) is 51.7 Å². The summed E-state index contributed by atoms with van der Waals surface area (Å²) in [4.78, 5) is 16.1. The predicted octanol–water partition coefficient (Wildman–Crippen LogP) is 4.51. The summed E-state index contributed by atoms with van der Waals surface area (Å²) in [5.74, 6) is 0.677. The maximum atomic E-state index is 12.3. The second-order valence-corrected chi connectivity index (χ2v) is 7.95. The lowest BCUT2D eigenvalue weighted by Gasteiger charge is -2.34. The largest absolute Gasteiger partial charge is 0.484 e. The molecular formula is C21H29ClN2O2S. The average Bonchev–Trinajstić information content (AvgIpc) is 3.18. The van der Waals surface area contributed by atoms with E-state index in [1.54, 1.807) is 11.3 Å². The Morgan fingerprint density at radius 1 is 1.19 bits per heavy atom. The fraction of sp³-hybridized carbons (Fsp3) is 0.476. The van der Waals surface area contributed by atoms with Gasteiger partial charge in [0.15, 0.2) is 6.61 Å². The molecule has 27 heavy (non-hydrogen) atoms. The van der Waals surface area contributed by atoms with E-state index in [0.29, 0.717) is 6.54 Å². The van der Waals surface area contributed by atoms with Crippen LogP contribution in [0.15, 0.2) is 35.7 Å². The van der Waals surface area contributed by atoms with Crippen LogP contribution in [-0.2, 0) is 4.79 Å². The van der Waals surface area contributed by atoms with E-state index in [-0.39, 0.29) is 31.0 Å². The zero-order valence-corrected chi connectivity index (χ0v) is 17.7. The minimum absolute atomic E-state index is 0. The topological polar surface area (TPSA) is 41.6 Å². The van der Waals surface area contributed by atoms with Gasteiger partial charge >= 0.3 is 0 Å². The average molecular weight is 409 g/mol. The number of carbonyl (C=O) groups is 1. The molecule has 0 aliphatic carbocycles. The smallest absolute Gasteiger partial charge is 0.258 e. The van der Waals surface area contributed by atoms with Crippen LogP contribution in [0.5, 0.6) is 5.75 Å². The van der Waals surface area contributed by atoms with Crippen LogP contribution in [0.25, 0.3) is 0 Å². The molecule has 148 valence electrons. The molecule has 0 radical (unpaired) electrons. The molecule has 1 saturated heterocycles. The van der Waals surface area contributed by atoms with Gasteiger partial charge in [-0.25, -0.2) is 0 Å². The lowest BCUT2D eigenvalue weighted by molar-refractivity contribution is -0.123. The number of likely N-dealkylation sites (tertiary alicyclic amines) is 1. The Balaban J connectivity index is 0.00000261. The maximum absolute atomic E-state index is 12.3. The van der Waals surface area contributed by atoms with Crippen molar-refractivity contribution in [1.82, 2.24) is 10.2 Å². The van der Waals surface area contributed by atoms with Crippen LogP contribution < -0.4 is 10.1 Å². The first-order valence-electron chi connectivity index (χ1n) is 9.37. The molecule has 0 spiro atoms. The molecule has 6 heteroatoms. The van der Waals surface area contributed by atoms with Crippen molar-refractivity contribution in [2.45, 2.75) is 39.2 Å². The summed E-state index contributed by atoms with van der Waals surface area (Å²) >= 11 is 1.77. The number of nitrogens with zero attached hydrogens (tertiary/aromatic N) is 1. The number of amides is 1. The first kappa shape index (κ1) is 21.7. The number of carbonyl (C=O) groups excluding carboxylic acids is 1. The Kier molecular flexibility index (Phi) is 8.61. The molecule has 2 aromatic rings. The van der Waals surface area contributed by atoms with E-state index in [9.17, 15) is 4.79 Å². The second-order valence-electron chi connectivity index (χ2n) is 6.97. The van der Waals surface area contributed by atoms with Gasteiger partial charge in [0.1, 0.15) is 5.75 Å². The highest BCUT2D eigenvalue weighted by Crippen LogP contribution is 2.27. The number of ether oxygens (including phenoxy) is 1. The first-order valence-corrected chi connectivity index (χ1v) is 10.3. The molecule has 0 bridgehead atoms. The molecular weight excluding hydrogens is 380 g/mol. The normalized spacial score (nSPS) is 15.6. The van der Waals surface area contributed by atoms with Gasteiger partial charge in [0, 0.05) is 11.4 Å². The molecule has 1 amide bonds. The van der Waals surface area contributed by atoms with E-state index in [2.05, 4.69) is 34.7 Å². The van der Waals surface area contributed by atoms with Crippen LogP contribution in [0, 0.1) is 13.8 Å². The molecule has 1 atom stereocenters. The van der Waals surface area contributed by atoms with Crippen molar-refractivity contribution >= 4 is 29.7 Å². The molecule has 3 rings (SSSR count). The van der Waals surface area contributed by atoms with Gasteiger partial charge < -0.3 is 10.1 Å². The van der Waals surface area contributed by atoms with Crippen LogP contribution in [0.4, 0.5) is 0 Å². The molecule has 1 aromatic carbocycles. The van der Waals surface area contributed by atoms with Crippen LogP contribution in [0.1, 0.15) is 41.3 Å². The van der Waals surface area contributed by atoms with Crippen molar-refractivity contribution in [2.75, 3.05) is 26.2 Å². The minimum atomic E-state index is -0.0678. The van der Waals surface area contributed by atoms with Gasteiger partial charge in [-0.2, -0.15) is 0 Å². The number of thiophene rings is 1. The van der Waals surface area contributed by atoms with Gasteiger partial charge in [-0.05, 0) is 74.5 Å². The van der Waals surface area contributed by atoms with Crippen molar-refractivity contribution in [3.8, 4) is 5.75 Å². The molecule has 1 N–H and O–H groups in total. The van der Waals surface area contributed by atoms with Gasteiger partial charge in [-0.15, -0.1) is 23.7 Å². The number of hydrogen-bond acceptors (Lipinski definition) is 4. The van der Waals surface area contributed by atoms with Gasteiger partial charge in [0.05, 0.1) is 6.04 Å². The lowest BCUT2D eigenvalue weighted by Crippen LogP contribution is -2.41. The van der Waals surface area contributed by atoms with Crippen molar-refractivity contribution in [1.29, 1.82) is 0 Å². The molecule has 1 aliphatic rings. The molecule has 1 fully saturated rings. The molecule has 0 saturated carbocycles. The zero-order valence-electron chi connectivity index (χ0n) is 16.1. The molecule has 2 heterocycles. The maximum Gasteiger partial charge on any atom is 0.258 e. The highest BCUT2D eigenvalue weighted by molar-refractivity contribution is 7.10. The fourth-order valence-corrected chi connectivity index (χ4v) is 4.20. The van der Waals surface area contributed by atoms with Gasteiger partial charge in [-0.1, -0.05) is 18.6 Å². The number of piperidine rings is 1. The summed E-state index contributed by atoms with van der Waals surface area (Å²) in [5, 5.41) is 5.17. The first-order chi connectivity index (χ1) is 12.6. The molecule has 1 unspecified atom stereocenters. The Morgan fingerprint density at radius 3 is 2.63 bits per heavy atom. The quantitative estimate of drug-likeness (QED) is 0.732. The van der Waals surface area contributed by atoms with Crippen LogP contribution >= 0.6 is 23.7 Å². The number of hydrogen-bond donors (Lipinski definition) is 1. The SMILES string of the molecule is Cc1ccc(OCC(=O)NCC(c2cccs2)N2CCCCC2)cc1C.Cl. The van der Waals surface area contributed by atoms with Crippen LogP contribution in [-0.4, -0.2) is 37.0 Å². The fourth-order valence-electron chi connectivity index (χ4n) is 3.33. The van der Waals surface area contributed by atoms with Gasteiger partial charge in [-0.3, -0.25) is 9.69 Å². The van der Waals surface area contributed by atoms with Crippen molar-refractivity contribution in [2.24, 2.45) is 0 Å². The van der Waals surface area contributed by atoms with Crippen LogP contribution in [0.2, 0.25) is 0 Å². The highest BCUT2D eigenvalue weighted by atomic mass is 35.5. The number of benzene rings is 1. The van der Waals surface area contributed by atoms with E-state index in [1.165, 1.54) is 35.3 Å². The summed E-state index contributed by atoms with van der Waals surface area (Å²) in [6.45, 7) is 7.02. The number of halogens is 1. The van der Waals surface area contributed by atoms with E-state index in [1.807, 2.05) is 25.1 Å². The summed E-state index contributed by atoms with van der Waals surface area (Å²) in [5.41, 5.74) is 2.40. The predicted molar refractivity (Wildman–Crippen MR) is 114 cm³/mol. The monoisotopic (exact) mass is 408 g/mol. The molecule has 1 aliphatic heterocycles. The van der Waals surface area contributed by atoms with Crippen molar-refractivity contribution in [3.63, 3.8) is 0 Å². The summed E-state index contributed by atoms with van der Waals surface area (Å²) in [6, 6.07) is 10.4. The van der Waals surface area contributed by atoms with Gasteiger partial charge in [0.25, 0.3) is 5.91 Å². The third-order valence-corrected chi connectivity index (χ3v) is 6.02. The number of rotatable bonds is 7. The summed E-state index contributed by atoms with van der Waals surface area (Å²) in [7, 11) is 0. The Hall–Kier alpha value is -1.56. The van der Waals surface area contributed by atoms with E-state index < -0.39 is 0 Å². The van der Waals surface area contributed by atoms with Gasteiger partial charge in [0.2, 0.25) is 0 Å². The second kappa shape index (κ2) is 10.7.